The normalized spacial score (nSPS) is 11.9. The fourth-order valence-electron chi connectivity index (χ4n) is 3.04. The van der Waals surface area contributed by atoms with E-state index < -0.39 is 5.82 Å². The third-order valence-corrected chi connectivity index (χ3v) is 5.83. The summed E-state index contributed by atoms with van der Waals surface area (Å²) in [5.74, 6) is 0.121. The van der Waals surface area contributed by atoms with Gasteiger partial charge >= 0.3 is 0 Å². The smallest absolute Gasteiger partial charge is 0.226 e. The molecule has 5 nitrogen and oxygen atoms in total. The lowest BCUT2D eigenvalue weighted by molar-refractivity contribution is -0.116. The molecule has 0 saturated carbocycles. The van der Waals surface area contributed by atoms with E-state index in [9.17, 15) is 9.18 Å². The van der Waals surface area contributed by atoms with Crippen LogP contribution in [0.25, 0.3) is 0 Å². The number of nitrogens with one attached hydrogen (secondary N) is 1. The number of aryl methyl sites for hydroxylation is 1. The number of para-hydroxylation sites is 1. The second-order valence-electron chi connectivity index (χ2n) is 7.38. The minimum atomic E-state index is -0.436. The van der Waals surface area contributed by atoms with Crippen molar-refractivity contribution >= 4 is 28.3 Å². The molecule has 0 aliphatic rings. The zero-order valence-corrected chi connectivity index (χ0v) is 18.4. The molecule has 1 amide bonds. The van der Waals surface area contributed by atoms with E-state index in [2.05, 4.69) is 59.6 Å². The van der Waals surface area contributed by atoms with Gasteiger partial charge in [-0.05, 0) is 38.0 Å². The van der Waals surface area contributed by atoms with Crippen LogP contribution in [0.15, 0.2) is 48.5 Å². The van der Waals surface area contributed by atoms with E-state index in [1.807, 2.05) is 0 Å². The highest BCUT2D eigenvalue weighted by Crippen LogP contribution is 2.23. The summed E-state index contributed by atoms with van der Waals surface area (Å²) in [6.45, 7) is 6.77. The van der Waals surface area contributed by atoms with Crippen LogP contribution >= 0.6 is 11.5 Å². The predicted octanol–water partition coefficient (Wildman–Crippen LogP) is 5.21. The number of halogens is 1. The van der Waals surface area contributed by atoms with Crippen molar-refractivity contribution < 1.29 is 9.18 Å². The lowest BCUT2D eigenvalue weighted by Crippen LogP contribution is -2.35. The van der Waals surface area contributed by atoms with Gasteiger partial charge in [-0.2, -0.15) is 4.37 Å². The second kappa shape index (κ2) is 10.3. The van der Waals surface area contributed by atoms with Gasteiger partial charge < -0.3 is 10.2 Å². The Morgan fingerprint density at radius 3 is 2.63 bits per heavy atom. The van der Waals surface area contributed by atoms with Crippen molar-refractivity contribution in [3.8, 4) is 0 Å². The molecule has 7 heteroatoms. The van der Waals surface area contributed by atoms with Gasteiger partial charge in [0.15, 0.2) is 0 Å². The van der Waals surface area contributed by atoms with Gasteiger partial charge in [0.05, 0.1) is 5.69 Å². The van der Waals surface area contributed by atoms with E-state index in [1.54, 1.807) is 18.2 Å². The van der Waals surface area contributed by atoms with Crippen LogP contribution in [-0.2, 0) is 11.2 Å². The average molecular weight is 427 g/mol. The van der Waals surface area contributed by atoms with Gasteiger partial charge in [-0.3, -0.25) is 4.79 Å². The maximum atomic E-state index is 13.8. The molecular weight excluding hydrogens is 399 g/mol. The molecule has 0 fully saturated rings. The largest absolute Gasteiger partial charge is 0.344 e. The van der Waals surface area contributed by atoms with Crippen molar-refractivity contribution in [2.24, 2.45) is 0 Å². The Balaban J connectivity index is 1.64. The Bertz CT molecular complexity index is 973. The number of carbonyl (C=O) groups excluding carboxylic acids is 1. The summed E-state index contributed by atoms with van der Waals surface area (Å²) >= 11 is 1.35. The number of benzene rings is 2. The monoisotopic (exact) mass is 426 g/mol. The van der Waals surface area contributed by atoms with Crippen LogP contribution in [0.3, 0.4) is 0 Å². The maximum absolute atomic E-state index is 13.8. The van der Waals surface area contributed by atoms with Gasteiger partial charge in [0.1, 0.15) is 11.6 Å². The summed E-state index contributed by atoms with van der Waals surface area (Å²) in [5, 5.41) is 3.45. The molecule has 3 aromatic rings. The standard InChI is InChI=1S/C23H27FN4OS/c1-4-17(3)28(14-13-22(29)25-20-8-6-5-7-19(20)24)23-26-21(27-30-23)15-18-11-9-16(2)10-12-18/h5-12,17H,4,13-15H2,1-3H3,(H,25,29)/t17-/m1/s1. The lowest BCUT2D eigenvalue weighted by atomic mass is 10.1. The molecule has 158 valence electrons. The quantitative estimate of drug-likeness (QED) is 0.510. The average Bonchev–Trinajstić information content (AvgIpc) is 3.19. The highest BCUT2D eigenvalue weighted by Gasteiger charge is 2.19. The van der Waals surface area contributed by atoms with Gasteiger partial charge in [0.25, 0.3) is 0 Å². The fraction of sp³-hybridized carbons (Fsp3) is 0.348. The number of anilines is 2. The Hall–Kier alpha value is -2.80. The van der Waals surface area contributed by atoms with Crippen LogP contribution in [-0.4, -0.2) is 27.9 Å². The number of aromatic nitrogens is 2. The SMILES string of the molecule is CC[C@@H](C)N(CCC(=O)Nc1ccccc1F)c1nc(Cc2ccc(C)cc2)ns1. The van der Waals surface area contributed by atoms with Gasteiger partial charge in [-0.25, -0.2) is 9.37 Å². The van der Waals surface area contributed by atoms with Crippen LogP contribution in [0.1, 0.15) is 43.6 Å². The molecule has 0 saturated heterocycles. The van der Waals surface area contributed by atoms with Crippen molar-refractivity contribution in [1.29, 1.82) is 0 Å². The molecule has 0 aliphatic heterocycles. The highest BCUT2D eigenvalue weighted by molar-refractivity contribution is 7.09. The van der Waals surface area contributed by atoms with Gasteiger partial charge in [0, 0.05) is 37.0 Å². The van der Waals surface area contributed by atoms with Crippen molar-refractivity contribution in [3.05, 3.63) is 71.3 Å². The van der Waals surface area contributed by atoms with Crippen LogP contribution in [0.2, 0.25) is 0 Å². The molecule has 0 radical (unpaired) electrons. The molecule has 3 rings (SSSR count). The van der Waals surface area contributed by atoms with Gasteiger partial charge in [0.2, 0.25) is 11.0 Å². The molecule has 0 unspecified atom stereocenters. The number of amides is 1. The van der Waals surface area contributed by atoms with E-state index in [-0.39, 0.29) is 24.1 Å². The Morgan fingerprint density at radius 2 is 1.93 bits per heavy atom. The number of rotatable bonds is 9. The van der Waals surface area contributed by atoms with E-state index >= 15 is 0 Å². The number of nitrogens with zero attached hydrogens (tertiary/aromatic N) is 3. The molecule has 0 aliphatic carbocycles. The summed E-state index contributed by atoms with van der Waals surface area (Å²) in [6.07, 6.45) is 1.84. The van der Waals surface area contributed by atoms with Crippen molar-refractivity contribution in [2.45, 2.75) is 46.1 Å². The third kappa shape index (κ3) is 5.86. The van der Waals surface area contributed by atoms with E-state index in [1.165, 1.54) is 28.7 Å². The summed E-state index contributed by atoms with van der Waals surface area (Å²) in [4.78, 5) is 19.2. The van der Waals surface area contributed by atoms with Gasteiger partial charge in [-0.15, -0.1) is 0 Å². The summed E-state index contributed by atoms with van der Waals surface area (Å²) in [5.41, 5.74) is 2.60. The van der Waals surface area contributed by atoms with E-state index in [0.717, 1.165) is 17.4 Å². The number of carbonyl (C=O) groups is 1. The third-order valence-electron chi connectivity index (χ3n) is 5.04. The van der Waals surface area contributed by atoms with Gasteiger partial charge in [-0.1, -0.05) is 48.9 Å². The first kappa shape index (κ1) is 21.9. The molecule has 1 aromatic heterocycles. The summed E-state index contributed by atoms with van der Waals surface area (Å²) < 4.78 is 18.3. The molecule has 0 bridgehead atoms. The van der Waals surface area contributed by atoms with E-state index in [4.69, 9.17) is 4.98 Å². The molecule has 30 heavy (non-hydrogen) atoms. The zero-order chi connectivity index (χ0) is 21.5. The van der Waals surface area contributed by atoms with Crippen molar-refractivity contribution in [2.75, 3.05) is 16.8 Å². The minimum Gasteiger partial charge on any atom is -0.344 e. The van der Waals surface area contributed by atoms with Crippen LogP contribution in [0.4, 0.5) is 15.2 Å². The molecule has 0 spiro atoms. The van der Waals surface area contributed by atoms with Crippen molar-refractivity contribution in [3.63, 3.8) is 0 Å². The molecule has 1 atom stereocenters. The van der Waals surface area contributed by atoms with E-state index in [0.29, 0.717) is 13.0 Å². The van der Waals surface area contributed by atoms with Crippen LogP contribution in [0.5, 0.6) is 0 Å². The minimum absolute atomic E-state index is 0.203. The zero-order valence-electron chi connectivity index (χ0n) is 17.6. The first-order valence-electron chi connectivity index (χ1n) is 10.2. The predicted molar refractivity (Wildman–Crippen MR) is 121 cm³/mol. The molecule has 1 N–H and O–H groups in total. The molecule has 2 aromatic carbocycles. The van der Waals surface area contributed by atoms with Crippen LogP contribution < -0.4 is 10.2 Å². The lowest BCUT2D eigenvalue weighted by Gasteiger charge is -2.27. The molecule has 1 heterocycles. The number of hydrogen-bond acceptors (Lipinski definition) is 5. The highest BCUT2D eigenvalue weighted by atomic mass is 32.1. The first-order chi connectivity index (χ1) is 14.5. The van der Waals surface area contributed by atoms with Crippen molar-refractivity contribution in [1.82, 2.24) is 9.36 Å². The first-order valence-corrected chi connectivity index (χ1v) is 10.9. The summed E-state index contributed by atoms with van der Waals surface area (Å²) in [7, 11) is 0. The Kier molecular flexibility index (Phi) is 7.52. The Morgan fingerprint density at radius 1 is 1.20 bits per heavy atom. The fourth-order valence-corrected chi connectivity index (χ4v) is 3.86. The maximum Gasteiger partial charge on any atom is 0.226 e. The second-order valence-corrected chi connectivity index (χ2v) is 8.11. The van der Waals surface area contributed by atoms with Crippen LogP contribution in [0, 0.1) is 12.7 Å². The molecular formula is C23H27FN4OS. The summed E-state index contributed by atoms with van der Waals surface area (Å²) in [6, 6.07) is 14.8. The Labute approximate surface area is 181 Å². The number of hydrogen-bond donors (Lipinski definition) is 1. The topological polar surface area (TPSA) is 58.1 Å².